The smallest absolute Gasteiger partial charge is 0.232 e. The number of rotatable bonds is 4. The minimum Gasteiger partial charge on any atom is -0.480 e. The molecule has 0 spiro atoms. The number of hydrogen-bond donors (Lipinski definition) is 1. The molecule has 1 N–H and O–H groups in total. The number of likely N-dealkylation sites (tertiary alicyclic amines) is 1. The van der Waals surface area contributed by atoms with Gasteiger partial charge < -0.3 is 10.1 Å². The molecule has 0 bridgehead atoms. The number of thiazole rings is 1. The van der Waals surface area contributed by atoms with Gasteiger partial charge in [-0.1, -0.05) is 11.8 Å². The Labute approximate surface area is 156 Å². The van der Waals surface area contributed by atoms with Crippen molar-refractivity contribution in [3.8, 4) is 17.7 Å². The predicted molar refractivity (Wildman–Crippen MR) is 99.9 cm³/mol. The van der Waals surface area contributed by atoms with Crippen LogP contribution in [0.3, 0.4) is 0 Å². The zero-order chi connectivity index (χ0) is 18.4. The molecule has 3 heterocycles. The van der Waals surface area contributed by atoms with E-state index in [2.05, 4.69) is 37.0 Å². The normalized spacial score (nSPS) is 15.2. The van der Waals surface area contributed by atoms with E-state index in [4.69, 9.17) is 4.74 Å². The summed E-state index contributed by atoms with van der Waals surface area (Å²) in [5.74, 6) is 7.28. The third-order valence-electron chi connectivity index (χ3n) is 4.08. The van der Waals surface area contributed by atoms with Crippen molar-refractivity contribution >= 4 is 22.4 Å². The summed E-state index contributed by atoms with van der Waals surface area (Å²) >= 11 is 1.53. The van der Waals surface area contributed by atoms with Crippen molar-refractivity contribution in [3.63, 3.8) is 0 Å². The number of nitrogens with one attached hydrogen (secondary N) is 1. The molecule has 1 aliphatic rings. The first-order chi connectivity index (χ1) is 12.6. The summed E-state index contributed by atoms with van der Waals surface area (Å²) in [7, 11) is 1.59. The van der Waals surface area contributed by atoms with Gasteiger partial charge in [-0.05, 0) is 25.9 Å². The van der Waals surface area contributed by atoms with E-state index in [1.165, 1.54) is 24.6 Å². The molecule has 8 heteroatoms. The van der Waals surface area contributed by atoms with Gasteiger partial charge in [0.25, 0.3) is 0 Å². The van der Waals surface area contributed by atoms with Crippen LogP contribution in [-0.2, 0) is 11.3 Å². The van der Waals surface area contributed by atoms with Gasteiger partial charge in [-0.3, -0.25) is 9.69 Å². The van der Waals surface area contributed by atoms with Crippen molar-refractivity contribution in [1.29, 1.82) is 0 Å². The maximum Gasteiger partial charge on any atom is 0.232 e. The van der Waals surface area contributed by atoms with Gasteiger partial charge >= 0.3 is 0 Å². The number of carbonyl (C=O) groups is 1. The Morgan fingerprint density at radius 3 is 2.92 bits per heavy atom. The molecule has 136 valence electrons. The lowest BCUT2D eigenvalue weighted by Gasteiger charge is -2.29. The maximum atomic E-state index is 11.1. The highest BCUT2D eigenvalue weighted by Crippen LogP contribution is 2.23. The summed E-state index contributed by atoms with van der Waals surface area (Å²) in [6, 6.07) is 0. The molecular weight excluding hydrogens is 350 g/mol. The fourth-order valence-electron chi connectivity index (χ4n) is 2.79. The third-order valence-corrected chi connectivity index (χ3v) is 4.98. The zero-order valence-electron chi connectivity index (χ0n) is 14.9. The Morgan fingerprint density at radius 1 is 1.38 bits per heavy atom. The highest BCUT2D eigenvalue weighted by atomic mass is 32.1. The number of ether oxygens (including phenoxy) is 1. The van der Waals surface area contributed by atoms with E-state index in [0.717, 1.165) is 42.9 Å². The summed E-state index contributed by atoms with van der Waals surface area (Å²) in [4.78, 5) is 26.9. The molecule has 7 nitrogen and oxygen atoms in total. The van der Waals surface area contributed by atoms with Crippen LogP contribution < -0.4 is 10.1 Å². The van der Waals surface area contributed by atoms with E-state index in [0.29, 0.717) is 16.9 Å². The molecule has 26 heavy (non-hydrogen) atoms. The van der Waals surface area contributed by atoms with Crippen LogP contribution in [0.25, 0.3) is 0 Å². The average molecular weight is 371 g/mol. The molecule has 0 atom stereocenters. The number of nitrogens with zero attached hydrogens (tertiary/aromatic N) is 4. The van der Waals surface area contributed by atoms with Crippen molar-refractivity contribution in [2.45, 2.75) is 26.3 Å². The van der Waals surface area contributed by atoms with E-state index >= 15 is 0 Å². The van der Waals surface area contributed by atoms with E-state index in [1.54, 1.807) is 13.3 Å². The Bertz CT molecular complexity index is 818. The van der Waals surface area contributed by atoms with Gasteiger partial charge in [-0.15, -0.1) is 11.3 Å². The number of anilines is 1. The van der Waals surface area contributed by atoms with Crippen LogP contribution in [-0.4, -0.2) is 46.0 Å². The standard InChI is InChI=1S/C18H21N5O2S/c1-13(24)22-18-20-10-16(26-18)11-23-7-5-14(6-8-23)3-4-15-9-19-12-21-17(15)25-2/h9-10,12,14H,5-8,11H2,1-2H3,(H,20,22,24). The van der Waals surface area contributed by atoms with Gasteiger partial charge in [0.15, 0.2) is 5.13 Å². The number of piperidine rings is 1. The molecule has 0 unspecified atom stereocenters. The van der Waals surface area contributed by atoms with Gasteiger partial charge in [-0.25, -0.2) is 15.0 Å². The first-order valence-electron chi connectivity index (χ1n) is 8.44. The number of methoxy groups -OCH3 is 1. The lowest BCUT2D eigenvalue weighted by molar-refractivity contribution is -0.114. The minimum absolute atomic E-state index is 0.0919. The quantitative estimate of drug-likeness (QED) is 0.830. The topological polar surface area (TPSA) is 80.2 Å². The number of aromatic nitrogens is 3. The predicted octanol–water partition coefficient (Wildman–Crippen LogP) is 2.16. The average Bonchev–Trinajstić information content (AvgIpc) is 3.07. The second kappa shape index (κ2) is 8.74. The molecule has 1 aliphatic heterocycles. The Hall–Kier alpha value is -2.50. The van der Waals surface area contributed by atoms with E-state index in [1.807, 2.05) is 6.20 Å². The molecule has 0 saturated carbocycles. The molecule has 1 saturated heterocycles. The molecule has 2 aromatic heterocycles. The van der Waals surface area contributed by atoms with Crippen molar-refractivity contribution in [2.75, 3.05) is 25.5 Å². The van der Waals surface area contributed by atoms with Gasteiger partial charge in [0.1, 0.15) is 11.9 Å². The summed E-state index contributed by atoms with van der Waals surface area (Å²) in [6.45, 7) is 4.34. The number of carbonyl (C=O) groups excluding carboxylic acids is 1. The zero-order valence-corrected chi connectivity index (χ0v) is 15.7. The fourth-order valence-corrected chi connectivity index (χ4v) is 3.69. The lowest BCUT2D eigenvalue weighted by Crippen LogP contribution is -2.32. The van der Waals surface area contributed by atoms with Gasteiger partial charge in [-0.2, -0.15) is 0 Å². The molecule has 0 aliphatic carbocycles. The van der Waals surface area contributed by atoms with Crippen molar-refractivity contribution in [2.24, 2.45) is 5.92 Å². The third kappa shape index (κ3) is 5.00. The maximum absolute atomic E-state index is 11.1. The summed E-state index contributed by atoms with van der Waals surface area (Å²) < 4.78 is 5.20. The van der Waals surface area contributed by atoms with Gasteiger partial charge in [0, 0.05) is 36.7 Å². The first kappa shape index (κ1) is 18.3. The highest BCUT2D eigenvalue weighted by Gasteiger charge is 2.18. The van der Waals surface area contributed by atoms with Crippen LogP contribution in [0.15, 0.2) is 18.7 Å². The Kier molecular flexibility index (Phi) is 6.15. The molecular formula is C18H21N5O2S. The van der Waals surface area contributed by atoms with E-state index in [-0.39, 0.29) is 5.91 Å². The van der Waals surface area contributed by atoms with Crippen LogP contribution in [0.2, 0.25) is 0 Å². The molecule has 2 aromatic rings. The Morgan fingerprint density at radius 2 is 2.19 bits per heavy atom. The second-order valence-corrected chi connectivity index (χ2v) is 7.19. The largest absolute Gasteiger partial charge is 0.480 e. The fraction of sp³-hybridized carbons (Fsp3) is 0.444. The van der Waals surface area contributed by atoms with Crippen LogP contribution in [0.4, 0.5) is 5.13 Å². The van der Waals surface area contributed by atoms with Crippen LogP contribution in [0, 0.1) is 17.8 Å². The summed E-state index contributed by atoms with van der Waals surface area (Å²) in [6.07, 6.45) is 7.04. The molecule has 1 fully saturated rings. The van der Waals surface area contributed by atoms with Crippen LogP contribution in [0.1, 0.15) is 30.2 Å². The SMILES string of the molecule is COc1ncncc1C#CC1CCN(Cc2cnc(NC(C)=O)s2)CC1. The van der Waals surface area contributed by atoms with Crippen molar-refractivity contribution in [1.82, 2.24) is 19.9 Å². The number of hydrogen-bond acceptors (Lipinski definition) is 7. The van der Waals surface area contributed by atoms with Gasteiger partial charge in [0.2, 0.25) is 11.8 Å². The number of amides is 1. The van der Waals surface area contributed by atoms with E-state index in [9.17, 15) is 4.79 Å². The molecule has 1 amide bonds. The van der Waals surface area contributed by atoms with E-state index < -0.39 is 0 Å². The molecule has 0 radical (unpaired) electrons. The summed E-state index contributed by atoms with van der Waals surface area (Å²) in [5.41, 5.74) is 0.729. The first-order valence-corrected chi connectivity index (χ1v) is 9.26. The monoisotopic (exact) mass is 371 g/mol. The Balaban J connectivity index is 1.51. The van der Waals surface area contributed by atoms with Gasteiger partial charge in [0.05, 0.1) is 7.11 Å². The van der Waals surface area contributed by atoms with Crippen molar-refractivity contribution in [3.05, 3.63) is 29.2 Å². The lowest BCUT2D eigenvalue weighted by atomic mass is 9.97. The van der Waals surface area contributed by atoms with Crippen molar-refractivity contribution < 1.29 is 9.53 Å². The minimum atomic E-state index is -0.0919. The highest BCUT2D eigenvalue weighted by molar-refractivity contribution is 7.15. The summed E-state index contributed by atoms with van der Waals surface area (Å²) in [5, 5.41) is 3.38. The molecule has 0 aromatic carbocycles. The second-order valence-electron chi connectivity index (χ2n) is 6.08. The van der Waals surface area contributed by atoms with Crippen LogP contribution >= 0.6 is 11.3 Å². The molecule has 3 rings (SSSR count). The van der Waals surface area contributed by atoms with Crippen LogP contribution in [0.5, 0.6) is 5.88 Å².